The molecule has 2 aromatic carbocycles. The number of hydrogen-bond donors (Lipinski definition) is 0. The van der Waals surface area contributed by atoms with Gasteiger partial charge in [-0.1, -0.05) is 68.8 Å². The molecule has 1 aliphatic rings. The predicted molar refractivity (Wildman–Crippen MR) is 89.7 cm³/mol. The summed E-state index contributed by atoms with van der Waals surface area (Å²) in [4.78, 5) is 0.520. The zero-order valence-corrected chi connectivity index (χ0v) is 13.9. The molecule has 3 rings (SSSR count). The second kappa shape index (κ2) is 5.88. The van der Waals surface area contributed by atoms with E-state index in [0.29, 0.717) is 10.8 Å². The molecule has 1 aliphatic heterocycles. The number of rotatable bonds is 2. The third-order valence-electron chi connectivity index (χ3n) is 4.98. The molecule has 116 valence electrons. The van der Waals surface area contributed by atoms with E-state index >= 15 is 0 Å². The van der Waals surface area contributed by atoms with Crippen LogP contribution in [0.3, 0.4) is 0 Å². The molecule has 0 radical (unpaired) electrons. The van der Waals surface area contributed by atoms with Gasteiger partial charge < -0.3 is 0 Å². The van der Waals surface area contributed by atoms with Gasteiger partial charge in [0.25, 0.3) is 0 Å². The van der Waals surface area contributed by atoms with Gasteiger partial charge in [0.15, 0.2) is 9.84 Å². The highest BCUT2D eigenvalue weighted by molar-refractivity contribution is 7.91. The standard InChI is InChI=1S/C19H22O2S/c1-3-15-13-22(20,21)18-12-8-7-11-17(18)19(14(15)2)16-9-5-4-6-10-16/h4-12,14-15,19H,3,13H2,1-2H3/t14-,15+,19+/m0/s1. The largest absolute Gasteiger partial charge is 0.224 e. The van der Waals surface area contributed by atoms with E-state index in [-0.39, 0.29) is 17.6 Å². The lowest BCUT2D eigenvalue weighted by atomic mass is 9.75. The topological polar surface area (TPSA) is 34.1 Å². The summed E-state index contributed by atoms with van der Waals surface area (Å²) in [7, 11) is -3.21. The van der Waals surface area contributed by atoms with E-state index in [2.05, 4.69) is 26.0 Å². The predicted octanol–water partition coefficient (Wildman–Crippen LogP) is 4.27. The maximum Gasteiger partial charge on any atom is 0.178 e. The molecule has 0 unspecified atom stereocenters. The van der Waals surface area contributed by atoms with E-state index in [9.17, 15) is 8.42 Å². The molecule has 0 saturated carbocycles. The average Bonchev–Trinajstić information content (AvgIpc) is 2.62. The van der Waals surface area contributed by atoms with Crippen LogP contribution < -0.4 is 0 Å². The number of benzene rings is 2. The van der Waals surface area contributed by atoms with E-state index in [0.717, 1.165) is 12.0 Å². The van der Waals surface area contributed by atoms with E-state index in [1.54, 1.807) is 6.07 Å². The first-order valence-corrected chi connectivity index (χ1v) is 9.56. The van der Waals surface area contributed by atoms with Crippen LogP contribution in [0.5, 0.6) is 0 Å². The van der Waals surface area contributed by atoms with Gasteiger partial charge in [-0.15, -0.1) is 0 Å². The zero-order valence-electron chi connectivity index (χ0n) is 13.1. The Balaban J connectivity index is 2.25. The highest BCUT2D eigenvalue weighted by Crippen LogP contribution is 2.43. The Bertz CT molecular complexity index is 750. The van der Waals surface area contributed by atoms with Crippen LogP contribution in [0.4, 0.5) is 0 Å². The molecule has 0 amide bonds. The summed E-state index contributed by atoms with van der Waals surface area (Å²) in [6.45, 7) is 4.29. The maximum absolute atomic E-state index is 12.8. The van der Waals surface area contributed by atoms with Crippen molar-refractivity contribution in [3.05, 3.63) is 65.7 Å². The molecule has 0 aliphatic carbocycles. The summed E-state index contributed by atoms with van der Waals surface area (Å²) < 4.78 is 25.6. The molecular formula is C19H22O2S. The zero-order chi connectivity index (χ0) is 15.7. The SMILES string of the molecule is CC[C@@H]1CS(=O)(=O)c2ccccc2[C@@H](c2ccccc2)[C@H]1C. The minimum Gasteiger partial charge on any atom is -0.224 e. The first-order valence-electron chi connectivity index (χ1n) is 7.91. The number of fused-ring (bicyclic) bond motifs is 1. The lowest BCUT2D eigenvalue weighted by molar-refractivity contribution is 0.347. The molecule has 0 spiro atoms. The molecule has 0 bridgehead atoms. The minimum absolute atomic E-state index is 0.139. The summed E-state index contributed by atoms with van der Waals surface area (Å²) in [5, 5.41) is 0. The molecule has 0 fully saturated rings. The van der Waals surface area contributed by atoms with Crippen LogP contribution in [0.1, 0.15) is 37.3 Å². The molecule has 22 heavy (non-hydrogen) atoms. The van der Waals surface area contributed by atoms with Gasteiger partial charge in [-0.05, 0) is 29.0 Å². The Kier molecular flexibility index (Phi) is 4.09. The van der Waals surface area contributed by atoms with Gasteiger partial charge in [0, 0.05) is 5.92 Å². The number of hydrogen-bond acceptors (Lipinski definition) is 2. The van der Waals surface area contributed by atoms with Crippen LogP contribution in [0.15, 0.2) is 59.5 Å². The lowest BCUT2D eigenvalue weighted by Crippen LogP contribution is -2.22. The normalized spacial score (nSPS) is 26.9. The van der Waals surface area contributed by atoms with Crippen molar-refractivity contribution in [1.29, 1.82) is 0 Å². The molecule has 0 aromatic heterocycles. The van der Waals surface area contributed by atoms with E-state index < -0.39 is 9.84 Å². The van der Waals surface area contributed by atoms with Crippen molar-refractivity contribution < 1.29 is 8.42 Å². The van der Waals surface area contributed by atoms with Crippen molar-refractivity contribution >= 4 is 9.84 Å². The third kappa shape index (κ3) is 2.58. The highest BCUT2D eigenvalue weighted by Gasteiger charge is 2.37. The van der Waals surface area contributed by atoms with Gasteiger partial charge in [-0.2, -0.15) is 0 Å². The molecule has 2 nitrogen and oxygen atoms in total. The van der Waals surface area contributed by atoms with Crippen LogP contribution in [0.2, 0.25) is 0 Å². The quantitative estimate of drug-likeness (QED) is 0.829. The molecule has 1 heterocycles. The number of sulfone groups is 1. The summed E-state index contributed by atoms with van der Waals surface area (Å²) in [6.07, 6.45) is 0.887. The molecule has 2 aromatic rings. The van der Waals surface area contributed by atoms with Gasteiger partial charge in [-0.25, -0.2) is 8.42 Å². The first-order chi connectivity index (χ1) is 10.5. The van der Waals surface area contributed by atoms with Gasteiger partial charge in [0.05, 0.1) is 10.6 Å². The third-order valence-corrected chi connectivity index (χ3v) is 6.88. The Morgan fingerprint density at radius 3 is 2.32 bits per heavy atom. The van der Waals surface area contributed by atoms with E-state index in [1.165, 1.54) is 5.56 Å². The van der Waals surface area contributed by atoms with Crippen molar-refractivity contribution in [2.45, 2.75) is 31.1 Å². The van der Waals surface area contributed by atoms with Crippen LogP contribution in [-0.4, -0.2) is 14.2 Å². The van der Waals surface area contributed by atoms with Crippen molar-refractivity contribution in [3.8, 4) is 0 Å². The monoisotopic (exact) mass is 314 g/mol. The van der Waals surface area contributed by atoms with Crippen molar-refractivity contribution in [2.24, 2.45) is 11.8 Å². The fourth-order valence-corrected chi connectivity index (χ4v) is 5.86. The molecular weight excluding hydrogens is 292 g/mol. The Hall–Kier alpha value is -1.61. The van der Waals surface area contributed by atoms with Crippen LogP contribution in [-0.2, 0) is 9.84 Å². The average molecular weight is 314 g/mol. The Morgan fingerprint density at radius 2 is 1.64 bits per heavy atom. The second-order valence-electron chi connectivity index (χ2n) is 6.24. The summed E-state index contributed by atoms with van der Waals surface area (Å²) in [5.41, 5.74) is 2.16. The van der Waals surface area contributed by atoms with Crippen LogP contribution in [0.25, 0.3) is 0 Å². The molecule has 0 saturated heterocycles. The minimum atomic E-state index is -3.21. The van der Waals surface area contributed by atoms with Gasteiger partial charge in [0.2, 0.25) is 0 Å². The van der Waals surface area contributed by atoms with E-state index in [4.69, 9.17) is 0 Å². The lowest BCUT2D eigenvalue weighted by Gasteiger charge is -2.28. The maximum atomic E-state index is 12.8. The van der Waals surface area contributed by atoms with Crippen molar-refractivity contribution in [1.82, 2.24) is 0 Å². The smallest absolute Gasteiger partial charge is 0.178 e. The highest BCUT2D eigenvalue weighted by atomic mass is 32.2. The second-order valence-corrected chi connectivity index (χ2v) is 8.24. The molecule has 3 heteroatoms. The van der Waals surface area contributed by atoms with Gasteiger partial charge in [0.1, 0.15) is 0 Å². The first kappa shape index (κ1) is 15.3. The summed E-state index contributed by atoms with van der Waals surface area (Å²) in [6, 6.07) is 17.8. The molecule has 0 N–H and O–H groups in total. The van der Waals surface area contributed by atoms with Crippen LogP contribution in [0, 0.1) is 11.8 Å². The fraction of sp³-hybridized carbons (Fsp3) is 0.368. The van der Waals surface area contributed by atoms with Crippen LogP contribution >= 0.6 is 0 Å². The fourth-order valence-electron chi connectivity index (χ4n) is 3.73. The van der Waals surface area contributed by atoms with Gasteiger partial charge >= 0.3 is 0 Å². The Morgan fingerprint density at radius 1 is 1.00 bits per heavy atom. The van der Waals surface area contributed by atoms with Crippen molar-refractivity contribution in [2.75, 3.05) is 5.75 Å². The van der Waals surface area contributed by atoms with Crippen molar-refractivity contribution in [3.63, 3.8) is 0 Å². The molecule has 3 atom stereocenters. The van der Waals surface area contributed by atoms with Gasteiger partial charge in [-0.3, -0.25) is 0 Å². The Labute approximate surface area is 133 Å². The summed E-state index contributed by atoms with van der Waals surface area (Å²) in [5.74, 6) is 0.874. The van der Waals surface area contributed by atoms with E-state index in [1.807, 2.05) is 36.4 Å². The summed E-state index contributed by atoms with van der Waals surface area (Å²) >= 11 is 0.